The Morgan fingerprint density at radius 3 is 1.97 bits per heavy atom. The summed E-state index contributed by atoms with van der Waals surface area (Å²) in [6.07, 6.45) is -0.976. The van der Waals surface area contributed by atoms with Crippen molar-refractivity contribution in [2.75, 3.05) is 0 Å². The molecule has 2 aromatic rings. The van der Waals surface area contributed by atoms with E-state index in [0.717, 1.165) is 25.6 Å². The van der Waals surface area contributed by atoms with Gasteiger partial charge in [-0.25, -0.2) is 17.9 Å². The summed E-state index contributed by atoms with van der Waals surface area (Å²) in [4.78, 5) is 13.0. The maximum atomic E-state index is 12.5. The Labute approximate surface area is 195 Å². The van der Waals surface area contributed by atoms with Crippen LogP contribution in [0.1, 0.15) is 67.2 Å². The van der Waals surface area contributed by atoms with E-state index in [2.05, 4.69) is 41.5 Å². The van der Waals surface area contributed by atoms with Gasteiger partial charge in [-0.15, -0.1) is 22.7 Å². The molecule has 0 aliphatic carbocycles. The van der Waals surface area contributed by atoms with Crippen LogP contribution in [0.25, 0.3) is 9.40 Å². The van der Waals surface area contributed by atoms with E-state index in [-0.39, 0.29) is 4.21 Å². The molecule has 1 N–H and O–H groups in total. The van der Waals surface area contributed by atoms with Gasteiger partial charge in [-0.2, -0.15) is 0 Å². The van der Waals surface area contributed by atoms with Crippen molar-refractivity contribution < 1.29 is 22.4 Å². The number of thiophene rings is 2. The first-order valence-electron chi connectivity index (χ1n) is 10.5. The molecular formula is C21H35NO5S3Si. The number of nitrogens with one attached hydrogen (secondary N) is 1. The van der Waals surface area contributed by atoms with Crippen LogP contribution in [0.2, 0.25) is 16.6 Å². The van der Waals surface area contributed by atoms with Crippen LogP contribution in [0, 0.1) is 0 Å². The van der Waals surface area contributed by atoms with E-state index in [1.54, 1.807) is 26.8 Å². The van der Waals surface area contributed by atoms with Gasteiger partial charge in [0, 0.05) is 14.3 Å². The summed E-state index contributed by atoms with van der Waals surface area (Å²) >= 11 is 2.68. The Balaban J connectivity index is 2.18. The minimum Gasteiger partial charge on any atom is -0.443 e. The lowest BCUT2D eigenvalue weighted by Gasteiger charge is -2.42. The van der Waals surface area contributed by atoms with E-state index in [0.29, 0.717) is 23.2 Å². The first kappa shape index (κ1) is 26.3. The van der Waals surface area contributed by atoms with E-state index < -0.39 is 30.0 Å². The zero-order valence-corrected chi connectivity index (χ0v) is 23.3. The summed E-state index contributed by atoms with van der Waals surface area (Å²) in [5, 5.41) is 0. The molecule has 0 unspecified atom stereocenters. The lowest BCUT2D eigenvalue weighted by Crippen LogP contribution is -2.47. The van der Waals surface area contributed by atoms with Gasteiger partial charge in [-0.1, -0.05) is 41.5 Å². The van der Waals surface area contributed by atoms with Crippen molar-refractivity contribution in [2.24, 2.45) is 0 Å². The second-order valence-electron chi connectivity index (χ2n) is 9.72. The van der Waals surface area contributed by atoms with Crippen LogP contribution in [0.4, 0.5) is 4.79 Å². The number of hydrogen-bond acceptors (Lipinski definition) is 7. The highest BCUT2D eigenvalue weighted by Gasteiger charge is 2.45. The molecule has 0 fully saturated rings. The predicted octanol–water partition coefficient (Wildman–Crippen LogP) is 6.87. The second-order valence-corrected chi connectivity index (χ2v) is 19.3. The smallest absolute Gasteiger partial charge is 0.421 e. The number of sulfonamides is 1. The van der Waals surface area contributed by atoms with Gasteiger partial charge < -0.3 is 9.16 Å². The van der Waals surface area contributed by atoms with Crippen molar-refractivity contribution in [3.05, 3.63) is 17.0 Å². The maximum Gasteiger partial charge on any atom is 0.421 e. The van der Waals surface area contributed by atoms with Crippen LogP contribution in [0.15, 0.2) is 16.3 Å². The van der Waals surface area contributed by atoms with Gasteiger partial charge in [0.25, 0.3) is 10.0 Å². The number of carbonyl (C=O) groups is 1. The third-order valence-corrected chi connectivity index (χ3v) is 15.4. The Bertz CT molecular complexity index is 962. The van der Waals surface area contributed by atoms with Crippen LogP contribution < -0.4 is 4.72 Å². The van der Waals surface area contributed by atoms with Crippen molar-refractivity contribution in [1.82, 2.24) is 4.72 Å². The van der Waals surface area contributed by atoms with Gasteiger partial charge in [0.15, 0.2) is 0 Å². The van der Waals surface area contributed by atoms with Crippen molar-refractivity contribution >= 4 is 56.5 Å². The molecule has 0 spiro atoms. The molecule has 1 amide bonds. The fourth-order valence-electron chi connectivity index (χ4n) is 4.22. The number of rotatable bonds is 8. The normalized spacial score (nSPS) is 13.5. The lowest BCUT2D eigenvalue weighted by molar-refractivity contribution is 0.0570. The Hall–Kier alpha value is -0.943. The number of hydrogen-bond donors (Lipinski definition) is 1. The molecule has 0 aliphatic rings. The average Bonchev–Trinajstić information content (AvgIpc) is 3.10. The molecule has 0 aliphatic heterocycles. The molecule has 0 saturated carbocycles. The van der Waals surface area contributed by atoms with Gasteiger partial charge in [0.1, 0.15) is 9.81 Å². The molecule has 0 saturated heterocycles. The molecule has 0 radical (unpaired) electrons. The summed E-state index contributed by atoms with van der Waals surface area (Å²) in [7, 11) is -5.93. The predicted molar refractivity (Wildman–Crippen MR) is 132 cm³/mol. The topological polar surface area (TPSA) is 81.7 Å². The van der Waals surface area contributed by atoms with Gasteiger partial charge in [0.2, 0.25) is 8.32 Å². The highest BCUT2D eigenvalue weighted by Crippen LogP contribution is 2.43. The molecule has 0 aromatic carbocycles. The Morgan fingerprint density at radius 1 is 1.00 bits per heavy atom. The highest BCUT2D eigenvalue weighted by molar-refractivity contribution is 7.92. The lowest BCUT2D eigenvalue weighted by atomic mass is 10.2. The minimum absolute atomic E-state index is 0.0994. The Morgan fingerprint density at radius 2 is 1.52 bits per heavy atom. The van der Waals surface area contributed by atoms with E-state index in [1.807, 2.05) is 10.8 Å². The van der Waals surface area contributed by atoms with Gasteiger partial charge in [-0.3, -0.25) is 0 Å². The van der Waals surface area contributed by atoms with Gasteiger partial charge >= 0.3 is 6.09 Å². The summed E-state index contributed by atoms with van der Waals surface area (Å²) in [6, 6.07) is 3.61. The summed E-state index contributed by atoms with van der Waals surface area (Å²) in [5.74, 6) is 0. The molecular weight excluding hydrogens is 471 g/mol. The molecule has 0 atom stereocenters. The van der Waals surface area contributed by atoms with E-state index >= 15 is 0 Å². The molecule has 0 bridgehead atoms. The van der Waals surface area contributed by atoms with Gasteiger partial charge in [-0.05, 0) is 49.5 Å². The Kier molecular flexibility index (Phi) is 8.07. The number of ether oxygens (including phenoxy) is 1. The molecule has 10 heteroatoms. The largest absolute Gasteiger partial charge is 0.443 e. The summed E-state index contributed by atoms with van der Waals surface area (Å²) in [5.41, 5.74) is 0.739. The summed E-state index contributed by atoms with van der Waals surface area (Å²) in [6.45, 7) is 19.1. The van der Waals surface area contributed by atoms with Crippen LogP contribution in [-0.2, 0) is 25.8 Å². The molecule has 2 aromatic heterocycles. The summed E-state index contributed by atoms with van der Waals surface area (Å²) < 4.78 is 40.6. The van der Waals surface area contributed by atoms with Gasteiger partial charge in [0.05, 0.1) is 6.61 Å². The number of amides is 1. The minimum atomic E-state index is -3.97. The highest BCUT2D eigenvalue weighted by atomic mass is 32.2. The first-order valence-corrected chi connectivity index (χ1v) is 15.8. The van der Waals surface area contributed by atoms with E-state index in [9.17, 15) is 13.2 Å². The average molecular weight is 506 g/mol. The van der Waals surface area contributed by atoms with Crippen LogP contribution in [-0.4, -0.2) is 28.4 Å². The van der Waals surface area contributed by atoms with E-state index in [4.69, 9.17) is 9.16 Å². The number of carbonyl (C=O) groups excluding carboxylic acids is 1. The van der Waals surface area contributed by atoms with Crippen LogP contribution >= 0.6 is 22.7 Å². The third kappa shape index (κ3) is 6.10. The van der Waals surface area contributed by atoms with E-state index in [1.165, 1.54) is 11.3 Å². The monoisotopic (exact) mass is 505 g/mol. The SMILES string of the molecule is CC(C)[Si](OCc1cc2sc(S(=O)(=O)NC(=O)OC(C)(C)C)cc2s1)(C(C)C)C(C)C. The zero-order chi connectivity index (χ0) is 23.8. The fraction of sp³-hybridized carbons (Fsp3) is 0.667. The van der Waals surface area contributed by atoms with Crippen molar-refractivity contribution in [2.45, 2.75) is 95.4 Å². The standard InChI is InChI=1S/C21H35NO5S3Si/c1-13(2)31(14(3)4,15(5)6)26-12-16-10-17-18(28-16)11-19(29-17)30(24,25)22-20(23)27-21(7,8)9/h10-11,13-15H,12H2,1-9H3,(H,22,23). The third-order valence-electron chi connectivity index (χ3n) is 5.29. The zero-order valence-electron chi connectivity index (χ0n) is 19.9. The van der Waals surface area contributed by atoms with Crippen molar-refractivity contribution in [3.63, 3.8) is 0 Å². The number of fused-ring (bicyclic) bond motifs is 1. The van der Waals surface area contributed by atoms with Crippen LogP contribution in [0.5, 0.6) is 0 Å². The van der Waals surface area contributed by atoms with Crippen molar-refractivity contribution in [3.8, 4) is 0 Å². The second kappa shape index (κ2) is 9.50. The molecule has 31 heavy (non-hydrogen) atoms. The first-order chi connectivity index (χ1) is 14.1. The fourth-order valence-corrected chi connectivity index (χ4v) is 13.3. The van der Waals surface area contributed by atoms with Crippen LogP contribution in [0.3, 0.4) is 0 Å². The molecule has 2 heterocycles. The molecule has 6 nitrogen and oxygen atoms in total. The molecule has 2 rings (SSSR count). The molecule has 176 valence electrons. The quantitative estimate of drug-likeness (QED) is 0.396. The van der Waals surface area contributed by atoms with Crippen molar-refractivity contribution in [1.29, 1.82) is 0 Å². The maximum absolute atomic E-state index is 12.5.